The Bertz CT molecular complexity index is 473. The summed E-state index contributed by atoms with van der Waals surface area (Å²) in [7, 11) is 1.73. The highest BCUT2D eigenvalue weighted by Crippen LogP contribution is 2.23. The fraction of sp³-hybridized carbons (Fsp3) is 0.357. The Morgan fingerprint density at radius 3 is 3.00 bits per heavy atom. The van der Waals surface area contributed by atoms with E-state index in [1.807, 2.05) is 18.5 Å². The van der Waals surface area contributed by atoms with Crippen molar-refractivity contribution in [2.24, 2.45) is 0 Å². The molecule has 0 aliphatic rings. The Balaban J connectivity index is 2.44. The zero-order valence-corrected chi connectivity index (χ0v) is 10.3. The number of nitrogens with zero attached hydrogens (tertiary/aromatic N) is 1. The molecule has 0 saturated heterocycles. The van der Waals surface area contributed by atoms with Crippen LogP contribution in [0.2, 0.25) is 0 Å². The summed E-state index contributed by atoms with van der Waals surface area (Å²) in [6.07, 6.45) is 3.75. The summed E-state index contributed by atoms with van der Waals surface area (Å²) in [5.74, 6) is 0. The summed E-state index contributed by atoms with van der Waals surface area (Å²) in [5.41, 5.74) is 1.25. The summed E-state index contributed by atoms with van der Waals surface area (Å²) < 4.78 is 5.28. The van der Waals surface area contributed by atoms with Crippen LogP contribution in [0, 0.1) is 0 Å². The maximum atomic E-state index is 5.28. The van der Waals surface area contributed by atoms with Crippen LogP contribution in [0.4, 0.5) is 0 Å². The van der Waals surface area contributed by atoms with E-state index >= 15 is 0 Å². The molecule has 0 aliphatic heterocycles. The normalized spacial score (nSPS) is 12.8. The molecule has 0 bridgehead atoms. The smallest absolute Gasteiger partial charge is 0.0657 e. The van der Waals surface area contributed by atoms with Gasteiger partial charge in [0.1, 0.15) is 0 Å². The monoisotopic (exact) mass is 230 g/mol. The topological polar surface area (TPSA) is 34.1 Å². The molecule has 1 N–H and O–H groups in total. The highest BCUT2D eigenvalue weighted by molar-refractivity contribution is 5.85. The number of benzene rings is 1. The zero-order valence-electron chi connectivity index (χ0n) is 10.3. The number of aromatic nitrogens is 1. The lowest BCUT2D eigenvalue weighted by atomic mass is 10.0. The van der Waals surface area contributed by atoms with Gasteiger partial charge in [0, 0.05) is 24.9 Å². The van der Waals surface area contributed by atoms with E-state index in [2.05, 4.69) is 35.4 Å². The molecule has 0 radical (unpaired) electrons. The van der Waals surface area contributed by atoms with Gasteiger partial charge in [0.25, 0.3) is 0 Å². The van der Waals surface area contributed by atoms with Crippen molar-refractivity contribution >= 4 is 10.8 Å². The Morgan fingerprint density at radius 2 is 2.24 bits per heavy atom. The maximum absolute atomic E-state index is 5.28. The lowest BCUT2D eigenvalue weighted by Crippen LogP contribution is -2.25. The minimum Gasteiger partial charge on any atom is -0.383 e. The molecule has 17 heavy (non-hydrogen) atoms. The zero-order chi connectivity index (χ0) is 12.1. The van der Waals surface area contributed by atoms with E-state index in [1.165, 1.54) is 16.3 Å². The van der Waals surface area contributed by atoms with Crippen LogP contribution in [0.25, 0.3) is 10.8 Å². The Hall–Kier alpha value is -1.45. The van der Waals surface area contributed by atoms with Gasteiger partial charge in [-0.1, -0.05) is 25.1 Å². The van der Waals surface area contributed by atoms with Gasteiger partial charge >= 0.3 is 0 Å². The van der Waals surface area contributed by atoms with Crippen molar-refractivity contribution in [2.75, 3.05) is 20.3 Å². The molecule has 1 heterocycles. The summed E-state index contributed by atoms with van der Waals surface area (Å²) in [5, 5.41) is 5.85. The minimum atomic E-state index is 0.220. The molecule has 2 rings (SSSR count). The molecule has 0 amide bonds. The Morgan fingerprint density at radius 1 is 1.35 bits per heavy atom. The van der Waals surface area contributed by atoms with Crippen molar-refractivity contribution in [2.45, 2.75) is 13.0 Å². The van der Waals surface area contributed by atoms with E-state index in [4.69, 9.17) is 4.74 Å². The first kappa shape index (κ1) is 12.0. The third-order valence-corrected chi connectivity index (χ3v) is 2.88. The van der Waals surface area contributed by atoms with Crippen molar-refractivity contribution < 1.29 is 4.74 Å². The molecule has 0 fully saturated rings. The number of likely N-dealkylation sites (N-methyl/N-ethyl adjacent to an activating group) is 1. The van der Waals surface area contributed by atoms with E-state index in [0.717, 1.165) is 6.54 Å². The van der Waals surface area contributed by atoms with Crippen LogP contribution in [0.3, 0.4) is 0 Å². The molecule has 2 aromatic rings. The predicted octanol–water partition coefficient (Wildman–Crippen LogP) is 2.53. The highest BCUT2D eigenvalue weighted by atomic mass is 16.5. The fourth-order valence-corrected chi connectivity index (χ4v) is 2.11. The van der Waals surface area contributed by atoms with Crippen LogP contribution in [-0.4, -0.2) is 25.2 Å². The quantitative estimate of drug-likeness (QED) is 0.857. The van der Waals surface area contributed by atoms with Gasteiger partial charge in [0.2, 0.25) is 0 Å². The second-order valence-electron chi connectivity index (χ2n) is 4.01. The van der Waals surface area contributed by atoms with Gasteiger partial charge in [-0.2, -0.15) is 0 Å². The van der Waals surface area contributed by atoms with E-state index < -0.39 is 0 Å². The number of methoxy groups -OCH3 is 1. The lowest BCUT2D eigenvalue weighted by molar-refractivity contribution is 0.168. The van der Waals surface area contributed by atoms with Crippen LogP contribution in [-0.2, 0) is 4.74 Å². The standard InChI is InChI=1S/C14H18N2O/c1-3-16-14(10-17-2)12-6-4-5-11-7-8-15-9-13(11)12/h4-9,14,16H,3,10H2,1-2H3. The highest BCUT2D eigenvalue weighted by Gasteiger charge is 2.12. The molecule has 1 aromatic heterocycles. The second kappa shape index (κ2) is 5.75. The number of hydrogen-bond donors (Lipinski definition) is 1. The second-order valence-corrected chi connectivity index (χ2v) is 4.01. The van der Waals surface area contributed by atoms with Gasteiger partial charge in [-0.3, -0.25) is 4.98 Å². The maximum Gasteiger partial charge on any atom is 0.0657 e. The van der Waals surface area contributed by atoms with Crippen LogP contribution in [0.15, 0.2) is 36.7 Å². The minimum absolute atomic E-state index is 0.220. The summed E-state index contributed by atoms with van der Waals surface area (Å²) >= 11 is 0. The molecule has 1 atom stereocenters. The van der Waals surface area contributed by atoms with Crippen LogP contribution in [0.5, 0.6) is 0 Å². The van der Waals surface area contributed by atoms with Crippen molar-refractivity contribution in [1.82, 2.24) is 10.3 Å². The number of pyridine rings is 1. The average molecular weight is 230 g/mol. The van der Waals surface area contributed by atoms with E-state index in [9.17, 15) is 0 Å². The molecule has 3 heteroatoms. The predicted molar refractivity (Wildman–Crippen MR) is 70.0 cm³/mol. The van der Waals surface area contributed by atoms with Crippen molar-refractivity contribution in [3.8, 4) is 0 Å². The van der Waals surface area contributed by atoms with Crippen LogP contribution >= 0.6 is 0 Å². The molecule has 1 aromatic carbocycles. The van der Waals surface area contributed by atoms with E-state index in [1.54, 1.807) is 7.11 Å². The average Bonchev–Trinajstić information content (AvgIpc) is 2.38. The summed E-state index contributed by atoms with van der Waals surface area (Å²) in [6.45, 7) is 3.69. The van der Waals surface area contributed by atoms with Crippen LogP contribution in [0.1, 0.15) is 18.5 Å². The molecule has 0 aliphatic carbocycles. The van der Waals surface area contributed by atoms with Crippen molar-refractivity contribution in [3.05, 3.63) is 42.2 Å². The van der Waals surface area contributed by atoms with Crippen LogP contribution < -0.4 is 5.32 Å². The number of ether oxygens (including phenoxy) is 1. The first-order valence-electron chi connectivity index (χ1n) is 5.91. The molecular weight excluding hydrogens is 212 g/mol. The summed E-state index contributed by atoms with van der Waals surface area (Å²) in [4.78, 5) is 4.21. The van der Waals surface area contributed by atoms with Crippen molar-refractivity contribution in [3.63, 3.8) is 0 Å². The third kappa shape index (κ3) is 2.62. The first-order valence-corrected chi connectivity index (χ1v) is 5.91. The molecular formula is C14H18N2O. The molecule has 1 unspecified atom stereocenters. The fourth-order valence-electron chi connectivity index (χ4n) is 2.11. The first-order chi connectivity index (χ1) is 8.36. The molecule has 90 valence electrons. The molecule has 0 saturated carbocycles. The molecule has 3 nitrogen and oxygen atoms in total. The van der Waals surface area contributed by atoms with Crippen molar-refractivity contribution in [1.29, 1.82) is 0 Å². The van der Waals surface area contributed by atoms with Gasteiger partial charge in [-0.05, 0) is 23.6 Å². The number of rotatable bonds is 5. The van der Waals surface area contributed by atoms with E-state index in [-0.39, 0.29) is 6.04 Å². The van der Waals surface area contributed by atoms with Gasteiger partial charge in [0.05, 0.1) is 12.6 Å². The van der Waals surface area contributed by atoms with E-state index in [0.29, 0.717) is 6.61 Å². The Kier molecular flexibility index (Phi) is 4.07. The van der Waals surface area contributed by atoms with Gasteiger partial charge in [0.15, 0.2) is 0 Å². The Labute approximate surface area is 102 Å². The van der Waals surface area contributed by atoms with Gasteiger partial charge in [-0.25, -0.2) is 0 Å². The number of hydrogen-bond acceptors (Lipinski definition) is 3. The lowest BCUT2D eigenvalue weighted by Gasteiger charge is -2.19. The summed E-state index contributed by atoms with van der Waals surface area (Å²) in [6, 6.07) is 8.58. The number of fused-ring (bicyclic) bond motifs is 1. The van der Waals surface area contributed by atoms with Gasteiger partial charge in [-0.15, -0.1) is 0 Å². The third-order valence-electron chi connectivity index (χ3n) is 2.88. The number of nitrogens with one attached hydrogen (secondary N) is 1. The van der Waals surface area contributed by atoms with Gasteiger partial charge < -0.3 is 10.1 Å². The molecule has 0 spiro atoms. The SMILES string of the molecule is CCNC(COC)c1cccc2ccncc12. The largest absolute Gasteiger partial charge is 0.383 e.